The molecule has 5 aromatic rings. The van der Waals surface area contributed by atoms with Gasteiger partial charge in [-0.1, -0.05) is 62.1 Å². The van der Waals surface area contributed by atoms with Gasteiger partial charge >= 0.3 is 0 Å². The van der Waals surface area contributed by atoms with Gasteiger partial charge < -0.3 is 9.67 Å². The van der Waals surface area contributed by atoms with Gasteiger partial charge in [0.1, 0.15) is 11.6 Å². The van der Waals surface area contributed by atoms with Crippen LogP contribution in [0.4, 0.5) is 0 Å². The van der Waals surface area contributed by atoms with Crippen molar-refractivity contribution in [1.29, 1.82) is 0 Å². The number of para-hydroxylation sites is 1. The number of phenolic OH excluding ortho intramolecular Hbond substituents is 1. The van der Waals surface area contributed by atoms with Crippen molar-refractivity contribution < 1.29 is 5.11 Å². The van der Waals surface area contributed by atoms with Crippen LogP contribution >= 0.6 is 0 Å². The molecule has 0 bridgehead atoms. The standard InChI is InChI=1S/C30H31N3OSi/c1-19-15-20(2)29(34)25(16-19)30-32-28-24(11-8-12-27(28)33(30)3)21-9-7-10-22(17-21)26-14-13-23(18-31-26)35(4,5)6/h7-18,34H,1-6H3. The fourth-order valence-corrected chi connectivity index (χ4v) is 5.71. The number of hydrogen-bond donors (Lipinski definition) is 1. The molecule has 1 N–H and O–H groups in total. The third-order valence-corrected chi connectivity index (χ3v) is 8.72. The number of pyridine rings is 1. The summed E-state index contributed by atoms with van der Waals surface area (Å²) in [5.74, 6) is 1.04. The Balaban J connectivity index is 1.62. The van der Waals surface area contributed by atoms with Crippen molar-refractivity contribution in [2.45, 2.75) is 33.5 Å². The third kappa shape index (κ3) is 4.17. The molecule has 35 heavy (non-hydrogen) atoms. The third-order valence-electron chi connectivity index (χ3n) is 6.70. The van der Waals surface area contributed by atoms with E-state index in [0.717, 1.165) is 55.9 Å². The van der Waals surface area contributed by atoms with Crippen LogP contribution in [-0.2, 0) is 7.05 Å². The van der Waals surface area contributed by atoms with Crippen LogP contribution in [0, 0.1) is 13.8 Å². The molecule has 0 radical (unpaired) electrons. The quantitative estimate of drug-likeness (QED) is 0.288. The van der Waals surface area contributed by atoms with E-state index in [1.807, 2.05) is 39.2 Å². The van der Waals surface area contributed by atoms with Crippen LogP contribution in [0.5, 0.6) is 5.75 Å². The van der Waals surface area contributed by atoms with Crippen LogP contribution in [0.3, 0.4) is 0 Å². The zero-order valence-corrected chi connectivity index (χ0v) is 22.2. The van der Waals surface area contributed by atoms with E-state index in [0.29, 0.717) is 0 Å². The largest absolute Gasteiger partial charge is 0.507 e. The second kappa shape index (κ2) is 8.50. The second-order valence-electron chi connectivity index (χ2n) is 10.4. The first-order valence-electron chi connectivity index (χ1n) is 12.0. The maximum atomic E-state index is 10.8. The Hall–Kier alpha value is -3.70. The molecule has 0 fully saturated rings. The second-order valence-corrected chi connectivity index (χ2v) is 15.5. The van der Waals surface area contributed by atoms with Gasteiger partial charge in [0.25, 0.3) is 0 Å². The predicted molar refractivity (Wildman–Crippen MR) is 149 cm³/mol. The minimum absolute atomic E-state index is 0.283. The Morgan fingerprint density at radius 3 is 2.29 bits per heavy atom. The number of nitrogens with zero attached hydrogens (tertiary/aromatic N) is 3. The molecule has 5 rings (SSSR count). The first kappa shape index (κ1) is 23.1. The lowest BCUT2D eigenvalue weighted by Gasteiger charge is -2.16. The molecule has 0 atom stereocenters. The molecule has 5 heteroatoms. The summed E-state index contributed by atoms with van der Waals surface area (Å²) in [6.45, 7) is 11.0. The summed E-state index contributed by atoms with van der Waals surface area (Å²) in [5, 5.41) is 12.1. The van der Waals surface area contributed by atoms with Crippen LogP contribution in [0.15, 0.2) is 72.9 Å². The number of imidazole rings is 1. The number of aryl methyl sites for hydroxylation is 3. The molecule has 0 saturated carbocycles. The van der Waals surface area contributed by atoms with Gasteiger partial charge in [-0.25, -0.2) is 4.98 Å². The first-order valence-corrected chi connectivity index (χ1v) is 15.5. The van der Waals surface area contributed by atoms with Crippen molar-refractivity contribution in [3.05, 3.63) is 84.1 Å². The van der Waals surface area contributed by atoms with Crippen molar-refractivity contribution in [2.24, 2.45) is 7.05 Å². The number of phenols is 1. The summed E-state index contributed by atoms with van der Waals surface area (Å²) < 4.78 is 2.06. The number of fused-ring (bicyclic) bond motifs is 1. The summed E-state index contributed by atoms with van der Waals surface area (Å²) in [5.41, 5.74) is 8.88. The predicted octanol–water partition coefficient (Wildman–Crippen LogP) is 6.84. The maximum Gasteiger partial charge on any atom is 0.144 e. The highest BCUT2D eigenvalue weighted by molar-refractivity contribution is 6.88. The highest BCUT2D eigenvalue weighted by Gasteiger charge is 2.19. The summed E-state index contributed by atoms with van der Waals surface area (Å²) in [6, 6.07) is 23.1. The molecule has 4 nitrogen and oxygen atoms in total. The monoisotopic (exact) mass is 477 g/mol. The maximum absolute atomic E-state index is 10.8. The van der Waals surface area contributed by atoms with Crippen molar-refractivity contribution in [3.63, 3.8) is 0 Å². The molecule has 0 spiro atoms. The molecule has 3 aromatic carbocycles. The first-order chi connectivity index (χ1) is 16.6. The van der Waals surface area contributed by atoms with Crippen LogP contribution in [0.25, 0.3) is 44.8 Å². The lowest BCUT2D eigenvalue weighted by Crippen LogP contribution is -2.37. The van der Waals surface area contributed by atoms with Gasteiger partial charge in [0.2, 0.25) is 0 Å². The highest BCUT2D eigenvalue weighted by Crippen LogP contribution is 2.37. The molecule has 2 aromatic heterocycles. The van der Waals surface area contributed by atoms with E-state index in [2.05, 4.69) is 78.8 Å². The fraction of sp³-hybridized carbons (Fsp3) is 0.200. The lowest BCUT2D eigenvalue weighted by atomic mass is 10.0. The normalized spacial score (nSPS) is 11.8. The smallest absolute Gasteiger partial charge is 0.144 e. The Morgan fingerprint density at radius 2 is 1.57 bits per heavy atom. The van der Waals surface area contributed by atoms with E-state index >= 15 is 0 Å². The van der Waals surface area contributed by atoms with Gasteiger partial charge in [-0.05, 0) is 60.0 Å². The van der Waals surface area contributed by atoms with E-state index in [4.69, 9.17) is 9.97 Å². The van der Waals surface area contributed by atoms with Gasteiger partial charge in [0.05, 0.1) is 30.4 Å². The van der Waals surface area contributed by atoms with E-state index < -0.39 is 8.07 Å². The molecule has 0 saturated heterocycles. The van der Waals surface area contributed by atoms with Crippen molar-refractivity contribution in [1.82, 2.24) is 14.5 Å². The van der Waals surface area contributed by atoms with Crippen LogP contribution in [0.2, 0.25) is 19.6 Å². The Morgan fingerprint density at radius 1 is 0.829 bits per heavy atom. The van der Waals surface area contributed by atoms with E-state index in [9.17, 15) is 5.11 Å². The minimum Gasteiger partial charge on any atom is -0.507 e. The molecule has 176 valence electrons. The van der Waals surface area contributed by atoms with Gasteiger partial charge in [-0.2, -0.15) is 0 Å². The number of hydrogen-bond acceptors (Lipinski definition) is 3. The van der Waals surface area contributed by atoms with Crippen LogP contribution in [0.1, 0.15) is 11.1 Å². The molecular weight excluding hydrogens is 446 g/mol. The Bertz CT molecular complexity index is 1560. The van der Waals surface area contributed by atoms with Gasteiger partial charge in [0.15, 0.2) is 0 Å². The SMILES string of the molecule is Cc1cc(C)c(O)c(-c2nc3c(-c4cccc(-c5ccc([Si](C)(C)C)cn5)c4)cccc3n2C)c1. The molecule has 0 aliphatic rings. The summed E-state index contributed by atoms with van der Waals surface area (Å²) >= 11 is 0. The molecule has 0 aliphatic heterocycles. The number of rotatable bonds is 4. The topological polar surface area (TPSA) is 50.9 Å². The Labute approximate surface area is 208 Å². The van der Waals surface area contributed by atoms with Crippen molar-refractivity contribution in [2.75, 3.05) is 0 Å². The molecular formula is C30H31N3OSi. The van der Waals surface area contributed by atoms with Crippen LogP contribution in [-0.4, -0.2) is 27.7 Å². The zero-order valence-electron chi connectivity index (χ0n) is 21.2. The van der Waals surface area contributed by atoms with Crippen molar-refractivity contribution in [3.8, 4) is 39.5 Å². The van der Waals surface area contributed by atoms with Crippen LogP contribution < -0.4 is 5.19 Å². The molecule has 2 heterocycles. The Kier molecular flexibility index (Phi) is 5.60. The van der Waals surface area contributed by atoms with Gasteiger partial charge in [-0.15, -0.1) is 0 Å². The zero-order chi connectivity index (χ0) is 24.9. The fourth-order valence-electron chi connectivity index (χ4n) is 4.67. The van der Waals surface area contributed by atoms with Gasteiger partial charge in [0, 0.05) is 24.4 Å². The highest BCUT2D eigenvalue weighted by atomic mass is 28.3. The lowest BCUT2D eigenvalue weighted by molar-refractivity contribution is 0.472. The van der Waals surface area contributed by atoms with E-state index in [1.165, 1.54) is 5.19 Å². The summed E-state index contributed by atoms with van der Waals surface area (Å²) in [4.78, 5) is 9.82. The number of aromatic hydroxyl groups is 1. The van der Waals surface area contributed by atoms with Crippen molar-refractivity contribution >= 4 is 24.3 Å². The summed E-state index contributed by atoms with van der Waals surface area (Å²) in [7, 11) is 0.621. The molecule has 0 amide bonds. The molecule has 0 unspecified atom stereocenters. The van der Waals surface area contributed by atoms with E-state index in [1.54, 1.807) is 0 Å². The average Bonchev–Trinajstić information content (AvgIpc) is 3.17. The summed E-state index contributed by atoms with van der Waals surface area (Å²) in [6.07, 6.45) is 2.04. The minimum atomic E-state index is -1.38. The average molecular weight is 478 g/mol. The van der Waals surface area contributed by atoms with E-state index in [-0.39, 0.29) is 5.75 Å². The molecule has 0 aliphatic carbocycles. The number of aromatic nitrogens is 3. The number of benzene rings is 3. The van der Waals surface area contributed by atoms with Gasteiger partial charge in [-0.3, -0.25) is 4.98 Å².